The lowest BCUT2D eigenvalue weighted by molar-refractivity contribution is 0.130. The van der Waals surface area contributed by atoms with Gasteiger partial charge in [0.15, 0.2) is 0 Å². The Hall–Kier alpha value is -1.89. The zero-order valence-corrected chi connectivity index (χ0v) is 11.1. The smallest absolute Gasteiger partial charge is 0.407 e. The molecule has 110 valence electrons. The number of amides is 1. The summed E-state index contributed by atoms with van der Waals surface area (Å²) in [5, 5.41) is 8.83. The number of nitrogens with two attached hydrogens (primary N) is 1. The molecule has 1 aliphatic rings. The largest absolute Gasteiger partial charge is 0.465 e. The van der Waals surface area contributed by atoms with Crippen LogP contribution in [0.15, 0.2) is 12.1 Å². The number of hydrogen-bond donors (Lipinski definition) is 2. The van der Waals surface area contributed by atoms with E-state index in [1.54, 1.807) is 4.90 Å². The van der Waals surface area contributed by atoms with Crippen molar-refractivity contribution < 1.29 is 18.7 Å². The molecule has 5 nitrogen and oxygen atoms in total. The van der Waals surface area contributed by atoms with E-state index in [0.29, 0.717) is 13.1 Å². The third kappa shape index (κ3) is 2.67. The number of hydrogen-bond acceptors (Lipinski definition) is 3. The van der Waals surface area contributed by atoms with E-state index in [1.165, 1.54) is 11.9 Å². The number of anilines is 1. The summed E-state index contributed by atoms with van der Waals surface area (Å²) in [6.45, 7) is 0.968. The van der Waals surface area contributed by atoms with E-state index in [-0.39, 0.29) is 30.3 Å². The fourth-order valence-electron chi connectivity index (χ4n) is 2.22. The summed E-state index contributed by atoms with van der Waals surface area (Å²) in [6.07, 6.45) is -0.743. The van der Waals surface area contributed by atoms with Crippen molar-refractivity contribution in [2.45, 2.75) is 12.5 Å². The first-order valence-corrected chi connectivity index (χ1v) is 6.32. The minimum Gasteiger partial charge on any atom is -0.465 e. The summed E-state index contributed by atoms with van der Waals surface area (Å²) in [5.74, 6) is -0.992. The van der Waals surface area contributed by atoms with Crippen LogP contribution >= 0.6 is 0 Å². The molecule has 7 heteroatoms. The van der Waals surface area contributed by atoms with Gasteiger partial charge in [-0.15, -0.1) is 0 Å². The topological polar surface area (TPSA) is 69.8 Å². The van der Waals surface area contributed by atoms with Crippen molar-refractivity contribution in [1.29, 1.82) is 0 Å². The van der Waals surface area contributed by atoms with Gasteiger partial charge >= 0.3 is 6.09 Å². The molecule has 3 N–H and O–H groups in total. The molecule has 1 aliphatic heterocycles. The molecule has 0 radical (unpaired) electrons. The van der Waals surface area contributed by atoms with Crippen molar-refractivity contribution in [3.63, 3.8) is 0 Å². The van der Waals surface area contributed by atoms with Crippen molar-refractivity contribution >= 4 is 11.8 Å². The van der Waals surface area contributed by atoms with Crippen molar-refractivity contribution in [1.82, 2.24) is 4.90 Å². The molecular formula is C13H17F2N3O2. The Balaban J connectivity index is 2.09. The van der Waals surface area contributed by atoms with Crippen molar-refractivity contribution in [2.24, 2.45) is 5.73 Å². The first-order valence-electron chi connectivity index (χ1n) is 6.32. The molecule has 1 amide bonds. The zero-order chi connectivity index (χ0) is 14.9. The van der Waals surface area contributed by atoms with Crippen LogP contribution in [0.2, 0.25) is 0 Å². The molecule has 1 saturated heterocycles. The Morgan fingerprint density at radius 1 is 1.45 bits per heavy atom. The molecule has 2 rings (SSSR count). The van der Waals surface area contributed by atoms with E-state index in [2.05, 4.69) is 0 Å². The van der Waals surface area contributed by atoms with Gasteiger partial charge in [0.25, 0.3) is 0 Å². The molecule has 20 heavy (non-hydrogen) atoms. The number of carboxylic acid groups (broad SMARTS) is 1. The maximum absolute atomic E-state index is 13.9. The Morgan fingerprint density at radius 2 is 2.10 bits per heavy atom. The van der Waals surface area contributed by atoms with Crippen LogP contribution in [0.4, 0.5) is 19.3 Å². The van der Waals surface area contributed by atoms with Crippen LogP contribution in [0.5, 0.6) is 0 Å². The van der Waals surface area contributed by atoms with Crippen LogP contribution in [-0.2, 0) is 6.42 Å². The zero-order valence-electron chi connectivity index (χ0n) is 11.1. The fourth-order valence-corrected chi connectivity index (χ4v) is 2.22. The lowest BCUT2D eigenvalue weighted by Gasteiger charge is -2.44. The molecule has 1 heterocycles. The molecule has 0 unspecified atom stereocenters. The summed E-state index contributed by atoms with van der Waals surface area (Å²) >= 11 is 0. The third-order valence-corrected chi connectivity index (χ3v) is 3.58. The normalized spacial score (nSPS) is 15.1. The van der Waals surface area contributed by atoms with Gasteiger partial charge in [-0.3, -0.25) is 0 Å². The number of carbonyl (C=O) groups is 1. The SMILES string of the molecule is CN(C(=O)O)C1CN(c2cc(F)c(CCN)cc2F)C1. The van der Waals surface area contributed by atoms with Crippen LogP contribution in [0.3, 0.4) is 0 Å². The predicted molar refractivity (Wildman–Crippen MR) is 70.9 cm³/mol. The maximum Gasteiger partial charge on any atom is 0.407 e. The Morgan fingerprint density at radius 3 is 2.65 bits per heavy atom. The second-order valence-electron chi connectivity index (χ2n) is 4.89. The van der Waals surface area contributed by atoms with Crippen LogP contribution in [0.1, 0.15) is 5.56 Å². The third-order valence-electron chi connectivity index (χ3n) is 3.58. The molecule has 1 fully saturated rings. The van der Waals surface area contributed by atoms with Crippen molar-refractivity contribution in [2.75, 3.05) is 31.6 Å². The number of halogens is 2. The van der Waals surface area contributed by atoms with E-state index in [1.807, 2.05) is 0 Å². The van der Waals surface area contributed by atoms with Gasteiger partial charge in [-0.25, -0.2) is 13.6 Å². The van der Waals surface area contributed by atoms with Crippen LogP contribution in [0.25, 0.3) is 0 Å². The highest BCUT2D eigenvalue weighted by molar-refractivity contribution is 5.66. The average molecular weight is 285 g/mol. The predicted octanol–water partition coefficient (Wildman–Crippen LogP) is 1.26. The molecule has 0 atom stereocenters. The lowest BCUT2D eigenvalue weighted by atomic mass is 10.0. The first kappa shape index (κ1) is 14.5. The highest BCUT2D eigenvalue weighted by atomic mass is 19.1. The van der Waals surface area contributed by atoms with Crippen LogP contribution < -0.4 is 10.6 Å². The summed E-state index contributed by atoms with van der Waals surface area (Å²) in [6, 6.07) is 2.11. The van der Waals surface area contributed by atoms with Crippen LogP contribution in [0, 0.1) is 11.6 Å². The second-order valence-corrected chi connectivity index (χ2v) is 4.89. The second kappa shape index (κ2) is 5.62. The Labute approximate surface area is 115 Å². The van der Waals surface area contributed by atoms with Crippen LogP contribution in [-0.4, -0.2) is 48.8 Å². The van der Waals surface area contributed by atoms with Gasteiger partial charge in [0.1, 0.15) is 11.6 Å². The van der Waals surface area contributed by atoms with Gasteiger partial charge in [-0.2, -0.15) is 0 Å². The van der Waals surface area contributed by atoms with Gasteiger partial charge in [-0.1, -0.05) is 0 Å². The minimum atomic E-state index is -1.03. The molecule has 1 aromatic carbocycles. The van der Waals surface area contributed by atoms with Crippen molar-refractivity contribution in [3.8, 4) is 0 Å². The Bertz CT molecular complexity index is 519. The average Bonchev–Trinajstić information content (AvgIpc) is 2.33. The highest BCUT2D eigenvalue weighted by Gasteiger charge is 2.34. The van der Waals surface area contributed by atoms with Gasteiger partial charge in [0, 0.05) is 26.2 Å². The van der Waals surface area contributed by atoms with E-state index in [9.17, 15) is 13.6 Å². The Kier molecular flexibility index (Phi) is 4.08. The number of rotatable bonds is 4. The molecule has 0 aromatic heterocycles. The molecule has 0 aliphatic carbocycles. The van der Waals surface area contributed by atoms with E-state index < -0.39 is 17.7 Å². The summed E-state index contributed by atoms with van der Waals surface area (Å²) < 4.78 is 27.7. The van der Waals surface area contributed by atoms with E-state index in [4.69, 9.17) is 10.8 Å². The fraction of sp³-hybridized carbons (Fsp3) is 0.462. The quantitative estimate of drug-likeness (QED) is 0.874. The number of nitrogens with zero attached hydrogens (tertiary/aromatic N) is 2. The van der Waals surface area contributed by atoms with Gasteiger partial charge in [-0.05, 0) is 24.6 Å². The monoisotopic (exact) mass is 285 g/mol. The molecule has 0 saturated carbocycles. The first-order chi connectivity index (χ1) is 9.43. The number of benzene rings is 1. The standard InChI is InChI=1S/C13H17F2N3O2/c1-17(13(19)20)9-6-18(7-9)12-5-10(14)8(2-3-16)4-11(12)15/h4-5,9H,2-3,6-7,16H2,1H3,(H,19,20). The van der Waals surface area contributed by atoms with Gasteiger partial charge in [0.05, 0.1) is 11.7 Å². The lowest BCUT2D eigenvalue weighted by Crippen LogP contribution is -2.59. The molecule has 1 aromatic rings. The molecular weight excluding hydrogens is 268 g/mol. The number of likely N-dealkylation sites (N-methyl/N-ethyl adjacent to an activating group) is 1. The summed E-state index contributed by atoms with van der Waals surface area (Å²) in [7, 11) is 1.46. The van der Waals surface area contributed by atoms with Gasteiger partial charge < -0.3 is 20.6 Å². The summed E-state index contributed by atoms with van der Waals surface area (Å²) in [5.41, 5.74) is 5.76. The molecule has 0 bridgehead atoms. The maximum atomic E-state index is 13.9. The summed E-state index contributed by atoms with van der Waals surface area (Å²) in [4.78, 5) is 13.6. The highest BCUT2D eigenvalue weighted by Crippen LogP contribution is 2.28. The minimum absolute atomic E-state index is 0.165. The van der Waals surface area contributed by atoms with E-state index >= 15 is 0 Å². The van der Waals surface area contributed by atoms with Gasteiger partial charge in [0.2, 0.25) is 0 Å². The van der Waals surface area contributed by atoms with Crippen molar-refractivity contribution in [3.05, 3.63) is 29.3 Å². The van der Waals surface area contributed by atoms with E-state index in [0.717, 1.165) is 12.1 Å². The molecule has 0 spiro atoms.